The van der Waals surface area contributed by atoms with E-state index in [-0.39, 0.29) is 28.2 Å². The SMILES string of the molecule is CC(=O)C(O)[C@H]1O[C@@H](Oc2cccc3c2S(=O)(=O)OC3(c2ccc(O)cc2)c2ccc(O)cc2)[C@@](N)(C(C)=O)[C@](O)(C(C)=O)[C@@]1(O)C(C)=O. The lowest BCUT2D eigenvalue weighted by atomic mass is 9.59. The quantitative estimate of drug-likeness (QED) is 0.162. The van der Waals surface area contributed by atoms with Crippen molar-refractivity contribution in [3.63, 3.8) is 0 Å². The Morgan fingerprint density at radius 2 is 1.33 bits per heavy atom. The third kappa shape index (κ3) is 4.90. The molecular formula is C33H33NO14S. The molecule has 15 nitrogen and oxygen atoms in total. The van der Waals surface area contributed by atoms with E-state index in [0.29, 0.717) is 13.8 Å². The second-order valence-corrected chi connectivity index (χ2v) is 13.5. The molecule has 6 atom stereocenters. The summed E-state index contributed by atoms with van der Waals surface area (Å²) in [5.74, 6) is -6.14. The summed E-state index contributed by atoms with van der Waals surface area (Å²) in [4.78, 5) is 51.2. The molecule has 16 heteroatoms. The van der Waals surface area contributed by atoms with Gasteiger partial charge in [-0.25, -0.2) is 4.18 Å². The number of benzene rings is 3. The number of aliphatic hydroxyl groups is 3. The van der Waals surface area contributed by atoms with Crippen LogP contribution >= 0.6 is 0 Å². The minimum atomic E-state index is -4.86. The molecule has 7 N–H and O–H groups in total. The van der Waals surface area contributed by atoms with Gasteiger partial charge in [0.05, 0.1) is 0 Å². The first-order valence-electron chi connectivity index (χ1n) is 14.7. The van der Waals surface area contributed by atoms with Crippen LogP contribution in [-0.4, -0.2) is 92.3 Å². The monoisotopic (exact) mass is 699 g/mol. The number of carbonyl (C=O) groups is 4. The molecule has 49 heavy (non-hydrogen) atoms. The van der Waals surface area contributed by atoms with Crippen LogP contribution in [0.15, 0.2) is 71.6 Å². The van der Waals surface area contributed by atoms with E-state index in [1.54, 1.807) is 0 Å². The van der Waals surface area contributed by atoms with E-state index in [1.165, 1.54) is 60.7 Å². The summed E-state index contributed by atoms with van der Waals surface area (Å²) in [6, 6.07) is 14.5. The highest BCUT2D eigenvalue weighted by Crippen LogP contribution is 2.54. The largest absolute Gasteiger partial charge is 0.508 e. The fraction of sp³-hybridized carbons (Fsp3) is 0.333. The molecule has 260 valence electrons. The van der Waals surface area contributed by atoms with Gasteiger partial charge in [-0.05, 0) is 69.2 Å². The normalized spacial score (nSPS) is 29.0. The van der Waals surface area contributed by atoms with Crippen LogP contribution in [0.25, 0.3) is 0 Å². The molecule has 5 rings (SSSR count). The third-order valence-electron chi connectivity index (χ3n) is 9.16. The summed E-state index contributed by atoms with van der Waals surface area (Å²) in [6.07, 6.45) is -7.31. The Morgan fingerprint density at radius 3 is 1.76 bits per heavy atom. The highest BCUT2D eigenvalue weighted by molar-refractivity contribution is 7.87. The molecule has 1 fully saturated rings. The van der Waals surface area contributed by atoms with Crippen LogP contribution in [0, 0.1) is 0 Å². The van der Waals surface area contributed by atoms with Crippen LogP contribution in [0.3, 0.4) is 0 Å². The number of ether oxygens (including phenoxy) is 2. The Morgan fingerprint density at radius 1 is 0.816 bits per heavy atom. The fourth-order valence-corrected chi connectivity index (χ4v) is 8.12. The predicted octanol–water partition coefficient (Wildman–Crippen LogP) is 0.0889. The fourth-order valence-electron chi connectivity index (χ4n) is 6.58. The number of aliphatic hydroxyl groups excluding tert-OH is 1. The van der Waals surface area contributed by atoms with Crippen molar-refractivity contribution in [2.24, 2.45) is 5.73 Å². The van der Waals surface area contributed by atoms with Crippen molar-refractivity contribution in [3.8, 4) is 17.2 Å². The molecule has 1 unspecified atom stereocenters. The van der Waals surface area contributed by atoms with Crippen LogP contribution in [0.4, 0.5) is 0 Å². The molecule has 0 aromatic heterocycles. The Balaban J connectivity index is 1.79. The van der Waals surface area contributed by atoms with Gasteiger partial charge in [0.15, 0.2) is 45.5 Å². The van der Waals surface area contributed by atoms with Crippen molar-refractivity contribution in [1.82, 2.24) is 0 Å². The van der Waals surface area contributed by atoms with Gasteiger partial charge in [0.1, 0.15) is 34.4 Å². The zero-order chi connectivity index (χ0) is 36.5. The Hall–Kier alpha value is -4.55. The van der Waals surface area contributed by atoms with Gasteiger partial charge in [0, 0.05) is 5.56 Å². The van der Waals surface area contributed by atoms with Crippen molar-refractivity contribution >= 4 is 33.3 Å². The number of Topliss-reactive ketones (excluding diaryl/α,β-unsaturated/α-hetero) is 4. The van der Waals surface area contributed by atoms with Gasteiger partial charge in [-0.2, -0.15) is 8.42 Å². The second kappa shape index (κ2) is 11.8. The van der Waals surface area contributed by atoms with Gasteiger partial charge < -0.3 is 40.7 Å². The van der Waals surface area contributed by atoms with Crippen molar-refractivity contribution in [2.75, 3.05) is 0 Å². The zero-order valence-corrected chi connectivity index (χ0v) is 27.3. The van der Waals surface area contributed by atoms with E-state index in [0.717, 1.165) is 19.9 Å². The van der Waals surface area contributed by atoms with Crippen LogP contribution < -0.4 is 10.5 Å². The smallest absolute Gasteiger partial charge is 0.302 e. The number of hydrogen-bond acceptors (Lipinski definition) is 15. The molecule has 0 amide bonds. The molecule has 3 aromatic rings. The minimum Gasteiger partial charge on any atom is -0.508 e. The Kier molecular flexibility index (Phi) is 8.61. The molecule has 0 bridgehead atoms. The molecule has 0 aliphatic carbocycles. The molecule has 0 spiro atoms. The van der Waals surface area contributed by atoms with Crippen molar-refractivity contribution in [1.29, 1.82) is 0 Å². The lowest BCUT2D eigenvalue weighted by Gasteiger charge is -2.58. The molecule has 3 aromatic carbocycles. The van der Waals surface area contributed by atoms with Crippen molar-refractivity contribution < 1.29 is 66.8 Å². The van der Waals surface area contributed by atoms with E-state index in [2.05, 4.69) is 0 Å². The third-order valence-corrected chi connectivity index (χ3v) is 10.6. The van der Waals surface area contributed by atoms with E-state index in [9.17, 15) is 53.1 Å². The van der Waals surface area contributed by atoms with Crippen LogP contribution in [0.1, 0.15) is 44.4 Å². The highest BCUT2D eigenvalue weighted by atomic mass is 32.2. The van der Waals surface area contributed by atoms with E-state index in [4.69, 9.17) is 19.4 Å². The number of carbonyl (C=O) groups excluding carboxylic acids is 4. The van der Waals surface area contributed by atoms with Gasteiger partial charge in [-0.15, -0.1) is 0 Å². The number of phenolic OH excluding ortho intramolecular Hbond substituents is 2. The maximum Gasteiger partial charge on any atom is 0.302 e. The molecule has 2 aliphatic rings. The summed E-state index contributed by atoms with van der Waals surface area (Å²) >= 11 is 0. The lowest BCUT2D eigenvalue weighted by Crippen LogP contribution is -2.90. The number of phenols is 2. The maximum atomic E-state index is 14.0. The molecule has 0 radical (unpaired) electrons. The zero-order valence-electron chi connectivity index (χ0n) is 26.5. The first-order valence-corrected chi connectivity index (χ1v) is 16.1. The van der Waals surface area contributed by atoms with Crippen LogP contribution in [0.5, 0.6) is 17.2 Å². The van der Waals surface area contributed by atoms with E-state index >= 15 is 0 Å². The van der Waals surface area contributed by atoms with Gasteiger partial charge in [-0.3, -0.25) is 19.2 Å². The van der Waals surface area contributed by atoms with E-state index in [1.807, 2.05) is 0 Å². The second-order valence-electron chi connectivity index (χ2n) is 12.0. The van der Waals surface area contributed by atoms with Gasteiger partial charge in [0.25, 0.3) is 0 Å². The standard InChI is InChI=1S/C33H33NO14S/c1-16(35)26(41)28-32(42,18(3)37)33(43,19(4)38)31(34,17(2)36)29(47-28)46-25-7-5-6-24-27(25)49(44,45)48-30(24,20-8-12-22(39)13-9-20)21-10-14-23(40)15-11-21/h5-15,26,28-29,39-43H,34H2,1-4H3/t26?,28-,29-,31+,32-,33-/m1/s1. The first kappa shape index (κ1) is 35.7. The number of aromatic hydroxyl groups is 2. The molecular weight excluding hydrogens is 666 g/mol. The molecule has 2 heterocycles. The molecule has 2 aliphatic heterocycles. The van der Waals surface area contributed by atoms with Gasteiger partial charge in [0.2, 0.25) is 6.29 Å². The summed E-state index contributed by atoms with van der Waals surface area (Å²) < 4.78 is 45.4. The highest BCUT2D eigenvalue weighted by Gasteiger charge is 2.79. The molecule has 0 saturated carbocycles. The number of fused-ring (bicyclic) bond motifs is 1. The first-order chi connectivity index (χ1) is 22.7. The number of rotatable bonds is 9. The minimum absolute atomic E-state index is 0.0787. The predicted molar refractivity (Wildman–Crippen MR) is 166 cm³/mol. The average Bonchev–Trinajstić information content (AvgIpc) is 3.29. The summed E-state index contributed by atoms with van der Waals surface area (Å²) in [6.45, 7) is 3.04. The lowest BCUT2D eigenvalue weighted by molar-refractivity contribution is -0.320. The number of hydrogen-bond donors (Lipinski definition) is 6. The Labute approximate surface area is 279 Å². The molecule has 1 saturated heterocycles. The van der Waals surface area contributed by atoms with Gasteiger partial charge in [-0.1, -0.05) is 36.4 Å². The average molecular weight is 700 g/mol. The number of nitrogens with two attached hydrogens (primary N) is 1. The summed E-state index contributed by atoms with van der Waals surface area (Å²) in [5, 5.41) is 54.4. The Bertz CT molecular complexity index is 1930. The van der Waals surface area contributed by atoms with Gasteiger partial charge >= 0.3 is 10.1 Å². The van der Waals surface area contributed by atoms with Crippen LogP contribution in [-0.2, 0) is 43.8 Å². The van der Waals surface area contributed by atoms with Crippen molar-refractivity contribution in [2.45, 2.75) is 73.4 Å². The summed E-state index contributed by atoms with van der Waals surface area (Å²) in [7, 11) is -4.86. The summed E-state index contributed by atoms with van der Waals surface area (Å²) in [5.41, 5.74) is -5.51. The van der Waals surface area contributed by atoms with E-state index < -0.39 is 84.7 Å². The maximum absolute atomic E-state index is 14.0. The number of ketones is 4. The van der Waals surface area contributed by atoms with Crippen LogP contribution in [0.2, 0.25) is 0 Å². The topological polar surface area (TPSA) is 257 Å². The van der Waals surface area contributed by atoms with Crippen molar-refractivity contribution in [3.05, 3.63) is 83.4 Å².